The number of rotatable bonds is 11. The molecule has 0 aromatic rings. The fourth-order valence-electron chi connectivity index (χ4n) is 2.91. The molecule has 0 bridgehead atoms. The monoisotopic (exact) mass is 344 g/mol. The molecule has 0 spiro atoms. The van der Waals surface area contributed by atoms with Crippen LogP contribution in [0.15, 0.2) is 0 Å². The molecule has 0 aromatic carbocycles. The van der Waals surface area contributed by atoms with E-state index in [0.717, 1.165) is 32.3 Å². The van der Waals surface area contributed by atoms with Gasteiger partial charge >= 0.3 is 11.9 Å². The minimum Gasteiger partial charge on any atom is -0.465 e. The smallest absolute Gasteiger partial charge is 0.320 e. The highest BCUT2D eigenvalue weighted by Crippen LogP contribution is 2.34. The number of carbonyl (C=O) groups excluding carboxylic acids is 2. The molecule has 1 aliphatic heterocycles. The van der Waals surface area contributed by atoms with Gasteiger partial charge in [0.25, 0.3) is 0 Å². The van der Waals surface area contributed by atoms with Crippen molar-refractivity contribution >= 4 is 11.9 Å². The van der Waals surface area contributed by atoms with E-state index in [2.05, 4.69) is 0 Å². The average Bonchev–Trinajstić information content (AvgIpc) is 3.00. The zero-order valence-electron chi connectivity index (χ0n) is 15.5. The van der Waals surface area contributed by atoms with Crippen molar-refractivity contribution in [2.45, 2.75) is 66.1 Å². The molecular formula is C18H32O6. The zero-order chi connectivity index (χ0) is 18.0. The second-order valence-corrected chi connectivity index (χ2v) is 6.70. The topological polar surface area (TPSA) is 71.1 Å². The Bertz CT molecular complexity index is 369. The Morgan fingerprint density at radius 1 is 1.12 bits per heavy atom. The first-order chi connectivity index (χ1) is 11.4. The molecule has 6 heteroatoms. The Kier molecular flexibility index (Phi) is 9.29. The predicted octanol–water partition coefficient (Wildman–Crippen LogP) is 3.08. The summed E-state index contributed by atoms with van der Waals surface area (Å²) in [4.78, 5) is 24.4. The van der Waals surface area contributed by atoms with Gasteiger partial charge in [0.2, 0.25) is 0 Å². The maximum absolute atomic E-state index is 12.2. The second kappa shape index (κ2) is 10.7. The van der Waals surface area contributed by atoms with Gasteiger partial charge in [0, 0.05) is 19.6 Å². The molecule has 140 valence electrons. The van der Waals surface area contributed by atoms with Crippen LogP contribution in [0.5, 0.6) is 0 Å². The Balaban J connectivity index is 2.46. The predicted molar refractivity (Wildman–Crippen MR) is 89.3 cm³/mol. The van der Waals surface area contributed by atoms with Crippen molar-refractivity contribution in [3.8, 4) is 0 Å². The van der Waals surface area contributed by atoms with Gasteiger partial charge in [-0.1, -0.05) is 20.3 Å². The first-order valence-electron chi connectivity index (χ1n) is 8.98. The van der Waals surface area contributed by atoms with E-state index in [-0.39, 0.29) is 19.5 Å². The third-order valence-corrected chi connectivity index (χ3v) is 4.23. The molecule has 1 atom stereocenters. The first-order valence-corrected chi connectivity index (χ1v) is 8.98. The summed E-state index contributed by atoms with van der Waals surface area (Å²) in [6.07, 6.45) is 4.38. The van der Waals surface area contributed by atoms with Crippen LogP contribution >= 0.6 is 0 Å². The fourth-order valence-corrected chi connectivity index (χ4v) is 2.91. The fraction of sp³-hybridized carbons (Fsp3) is 0.889. The number of hydrogen-bond donors (Lipinski definition) is 0. The van der Waals surface area contributed by atoms with E-state index >= 15 is 0 Å². The van der Waals surface area contributed by atoms with Crippen molar-refractivity contribution in [2.24, 2.45) is 11.3 Å². The molecule has 0 N–H and O–H groups in total. The standard InChI is InChI=1S/C18H32O6/c1-5-21-16(19)15(17(20)22-6-2)18(3,4)11-7-8-12-23-14-10-9-13-24-14/h14-15H,5-13H2,1-4H3. The van der Waals surface area contributed by atoms with Crippen LogP contribution < -0.4 is 0 Å². The van der Waals surface area contributed by atoms with Crippen LogP contribution in [0.4, 0.5) is 0 Å². The van der Waals surface area contributed by atoms with Crippen molar-refractivity contribution in [1.82, 2.24) is 0 Å². The van der Waals surface area contributed by atoms with Gasteiger partial charge in [-0.05, 0) is 38.5 Å². The number of carbonyl (C=O) groups is 2. The summed E-state index contributed by atoms with van der Waals surface area (Å²) in [6.45, 7) is 9.19. The van der Waals surface area contributed by atoms with E-state index in [9.17, 15) is 9.59 Å². The van der Waals surface area contributed by atoms with Gasteiger partial charge in [0.05, 0.1) is 13.2 Å². The minimum atomic E-state index is -0.892. The van der Waals surface area contributed by atoms with Gasteiger partial charge in [0.1, 0.15) is 0 Å². The minimum absolute atomic E-state index is 0.0650. The zero-order valence-corrected chi connectivity index (χ0v) is 15.5. The Morgan fingerprint density at radius 2 is 1.75 bits per heavy atom. The van der Waals surface area contributed by atoms with Crippen LogP contribution in [0.3, 0.4) is 0 Å². The van der Waals surface area contributed by atoms with Crippen molar-refractivity contribution < 1.29 is 28.5 Å². The third-order valence-electron chi connectivity index (χ3n) is 4.23. The molecule has 0 saturated carbocycles. The maximum atomic E-state index is 12.2. The van der Waals surface area contributed by atoms with Crippen LogP contribution in [0.1, 0.15) is 59.8 Å². The summed E-state index contributed by atoms with van der Waals surface area (Å²) >= 11 is 0. The largest absolute Gasteiger partial charge is 0.465 e. The molecule has 1 saturated heterocycles. The van der Waals surface area contributed by atoms with Crippen LogP contribution in [0.25, 0.3) is 0 Å². The maximum Gasteiger partial charge on any atom is 0.320 e. The number of ether oxygens (including phenoxy) is 4. The van der Waals surface area contributed by atoms with E-state index < -0.39 is 23.3 Å². The summed E-state index contributed by atoms with van der Waals surface area (Å²) < 4.78 is 21.2. The Hall–Kier alpha value is -1.14. The van der Waals surface area contributed by atoms with Crippen LogP contribution in [0.2, 0.25) is 0 Å². The highest BCUT2D eigenvalue weighted by molar-refractivity contribution is 5.95. The lowest BCUT2D eigenvalue weighted by Gasteiger charge is -2.31. The van der Waals surface area contributed by atoms with Crippen LogP contribution in [0, 0.1) is 11.3 Å². The molecule has 0 amide bonds. The van der Waals surface area contributed by atoms with E-state index in [1.165, 1.54) is 0 Å². The highest BCUT2D eigenvalue weighted by atomic mass is 16.7. The van der Waals surface area contributed by atoms with Gasteiger partial charge in [-0.25, -0.2) is 0 Å². The summed E-state index contributed by atoms with van der Waals surface area (Å²) in [5, 5.41) is 0. The summed E-state index contributed by atoms with van der Waals surface area (Å²) in [6, 6.07) is 0. The van der Waals surface area contributed by atoms with Crippen molar-refractivity contribution in [3.05, 3.63) is 0 Å². The molecule has 0 aromatic heterocycles. The average molecular weight is 344 g/mol. The van der Waals surface area contributed by atoms with Crippen molar-refractivity contribution in [1.29, 1.82) is 0 Å². The van der Waals surface area contributed by atoms with Crippen molar-refractivity contribution in [2.75, 3.05) is 26.4 Å². The molecule has 1 rings (SSSR count). The van der Waals surface area contributed by atoms with E-state index in [1.54, 1.807) is 13.8 Å². The summed E-state index contributed by atoms with van der Waals surface area (Å²) in [7, 11) is 0. The normalized spacial score (nSPS) is 18.0. The highest BCUT2D eigenvalue weighted by Gasteiger charge is 2.42. The molecule has 24 heavy (non-hydrogen) atoms. The van der Waals surface area contributed by atoms with Gasteiger partial charge in [-0.3, -0.25) is 9.59 Å². The van der Waals surface area contributed by atoms with E-state index in [4.69, 9.17) is 18.9 Å². The number of hydrogen-bond acceptors (Lipinski definition) is 6. The number of esters is 2. The third kappa shape index (κ3) is 6.77. The Labute approximate surface area is 145 Å². The molecular weight excluding hydrogens is 312 g/mol. The van der Waals surface area contributed by atoms with Crippen molar-refractivity contribution in [3.63, 3.8) is 0 Å². The quantitative estimate of drug-likeness (QED) is 0.326. The molecule has 6 nitrogen and oxygen atoms in total. The van der Waals surface area contributed by atoms with Gasteiger partial charge in [0.15, 0.2) is 12.2 Å². The van der Waals surface area contributed by atoms with Gasteiger partial charge < -0.3 is 18.9 Å². The van der Waals surface area contributed by atoms with E-state index in [0.29, 0.717) is 13.0 Å². The first kappa shape index (κ1) is 20.9. The lowest BCUT2D eigenvalue weighted by Crippen LogP contribution is -2.39. The van der Waals surface area contributed by atoms with Crippen LogP contribution in [-0.2, 0) is 28.5 Å². The molecule has 1 aliphatic rings. The van der Waals surface area contributed by atoms with Gasteiger partial charge in [-0.2, -0.15) is 0 Å². The molecule has 1 heterocycles. The number of unbranched alkanes of at least 4 members (excludes halogenated alkanes) is 1. The van der Waals surface area contributed by atoms with E-state index in [1.807, 2.05) is 13.8 Å². The lowest BCUT2D eigenvalue weighted by molar-refractivity contribution is -0.167. The van der Waals surface area contributed by atoms with Crippen LogP contribution in [-0.4, -0.2) is 44.7 Å². The molecule has 1 fully saturated rings. The molecule has 0 aliphatic carbocycles. The molecule has 0 radical (unpaired) electrons. The second-order valence-electron chi connectivity index (χ2n) is 6.70. The lowest BCUT2D eigenvalue weighted by atomic mass is 9.75. The summed E-state index contributed by atoms with van der Waals surface area (Å²) in [5.74, 6) is -1.90. The summed E-state index contributed by atoms with van der Waals surface area (Å²) in [5.41, 5.74) is -0.525. The Morgan fingerprint density at radius 3 is 2.25 bits per heavy atom. The molecule has 1 unspecified atom stereocenters. The van der Waals surface area contributed by atoms with Gasteiger partial charge in [-0.15, -0.1) is 0 Å². The SMILES string of the molecule is CCOC(=O)C(C(=O)OCC)C(C)(C)CCCCOC1CCCO1.